The number of hydrogen-bond acceptors (Lipinski definition) is 4. The Morgan fingerprint density at radius 3 is 2.67 bits per heavy atom. The highest BCUT2D eigenvalue weighted by Crippen LogP contribution is 2.11. The Morgan fingerprint density at radius 1 is 1.47 bits per heavy atom. The van der Waals surface area contributed by atoms with Crippen molar-refractivity contribution in [2.45, 2.75) is 20.3 Å². The molecule has 0 aliphatic rings. The van der Waals surface area contributed by atoms with E-state index in [9.17, 15) is 0 Å². The molecule has 15 heavy (non-hydrogen) atoms. The third-order valence-corrected chi connectivity index (χ3v) is 1.96. The Hall–Kier alpha value is -1.55. The maximum Gasteiger partial charge on any atom is 0.146 e. The van der Waals surface area contributed by atoms with Crippen molar-refractivity contribution in [2.75, 3.05) is 5.01 Å². The Kier molecular flexibility index (Phi) is 4.12. The molecule has 4 N–H and O–H groups in total. The summed E-state index contributed by atoms with van der Waals surface area (Å²) in [7, 11) is 0. The lowest BCUT2D eigenvalue weighted by molar-refractivity contribution is 0.645. The Labute approximate surface area is 90.6 Å². The summed E-state index contributed by atoms with van der Waals surface area (Å²) in [6.07, 6.45) is 5.82. The van der Waals surface area contributed by atoms with E-state index in [4.69, 9.17) is 11.6 Å². The van der Waals surface area contributed by atoms with E-state index in [0.29, 0.717) is 11.7 Å². The van der Waals surface area contributed by atoms with Crippen LogP contribution in [0.1, 0.15) is 19.4 Å². The summed E-state index contributed by atoms with van der Waals surface area (Å²) >= 11 is 0. The van der Waals surface area contributed by atoms with E-state index >= 15 is 0 Å². The number of anilines is 1. The van der Waals surface area contributed by atoms with Crippen LogP contribution in [0.25, 0.3) is 0 Å². The van der Waals surface area contributed by atoms with Crippen LogP contribution in [0.2, 0.25) is 0 Å². The summed E-state index contributed by atoms with van der Waals surface area (Å²) in [6.45, 7) is 4.36. The Balaban J connectivity index is 2.71. The molecular formula is C11H18N4. The molecule has 0 aliphatic heterocycles. The molecule has 1 heterocycles. The van der Waals surface area contributed by atoms with E-state index in [-0.39, 0.29) is 0 Å². The zero-order valence-corrected chi connectivity index (χ0v) is 9.22. The molecule has 0 atom stereocenters. The third-order valence-electron chi connectivity index (χ3n) is 1.96. The summed E-state index contributed by atoms with van der Waals surface area (Å²) in [5, 5.41) is 1.39. The molecule has 4 nitrogen and oxygen atoms in total. The molecular weight excluding hydrogens is 188 g/mol. The van der Waals surface area contributed by atoms with Gasteiger partial charge in [0, 0.05) is 18.6 Å². The number of hydrogen-bond donors (Lipinski definition) is 2. The number of nitrogens with two attached hydrogens (primary N) is 2. The fourth-order valence-corrected chi connectivity index (χ4v) is 1.33. The second kappa shape index (κ2) is 5.36. The van der Waals surface area contributed by atoms with E-state index < -0.39 is 0 Å². The molecule has 0 amide bonds. The van der Waals surface area contributed by atoms with Gasteiger partial charge in [-0.25, -0.2) is 10.8 Å². The molecule has 0 saturated carbocycles. The van der Waals surface area contributed by atoms with Gasteiger partial charge in [-0.2, -0.15) is 0 Å². The molecule has 1 rings (SSSR count). The van der Waals surface area contributed by atoms with E-state index in [1.54, 1.807) is 6.20 Å². The minimum absolute atomic E-state index is 0.635. The fraction of sp³-hybridized carbons (Fsp3) is 0.364. The van der Waals surface area contributed by atoms with Crippen LogP contribution in [-0.4, -0.2) is 4.98 Å². The molecule has 0 aromatic carbocycles. The van der Waals surface area contributed by atoms with Gasteiger partial charge in [0.25, 0.3) is 0 Å². The molecule has 0 unspecified atom stereocenters. The number of aromatic nitrogens is 1. The topological polar surface area (TPSA) is 68.2 Å². The Bertz CT molecular complexity index is 316. The molecule has 4 heteroatoms. The van der Waals surface area contributed by atoms with Gasteiger partial charge in [0.2, 0.25) is 0 Å². The van der Waals surface area contributed by atoms with Crippen molar-refractivity contribution in [1.29, 1.82) is 0 Å². The zero-order valence-electron chi connectivity index (χ0n) is 9.22. The molecule has 82 valence electrons. The van der Waals surface area contributed by atoms with Crippen molar-refractivity contribution in [3.63, 3.8) is 0 Å². The molecule has 1 aromatic rings. The van der Waals surface area contributed by atoms with Crippen LogP contribution in [0.3, 0.4) is 0 Å². The van der Waals surface area contributed by atoms with Crippen LogP contribution in [0, 0.1) is 5.92 Å². The zero-order chi connectivity index (χ0) is 11.3. The van der Waals surface area contributed by atoms with Crippen molar-refractivity contribution in [2.24, 2.45) is 17.5 Å². The largest absolute Gasteiger partial charge is 0.403 e. The maximum atomic E-state index is 5.66. The molecule has 0 spiro atoms. The van der Waals surface area contributed by atoms with E-state index in [0.717, 1.165) is 6.42 Å². The highest BCUT2D eigenvalue weighted by Gasteiger charge is 2.01. The lowest BCUT2D eigenvalue weighted by Gasteiger charge is -2.12. The number of hydrazine groups is 1. The monoisotopic (exact) mass is 206 g/mol. The second-order valence-corrected chi connectivity index (χ2v) is 3.87. The summed E-state index contributed by atoms with van der Waals surface area (Å²) in [4.78, 5) is 4.24. The van der Waals surface area contributed by atoms with Crippen molar-refractivity contribution >= 4 is 5.82 Å². The van der Waals surface area contributed by atoms with Crippen LogP contribution in [-0.2, 0) is 6.42 Å². The van der Waals surface area contributed by atoms with Crippen LogP contribution in [0.5, 0.6) is 0 Å². The second-order valence-electron chi connectivity index (χ2n) is 3.87. The van der Waals surface area contributed by atoms with Crippen LogP contribution in [0.15, 0.2) is 30.7 Å². The Morgan fingerprint density at radius 2 is 2.20 bits per heavy atom. The predicted molar refractivity (Wildman–Crippen MR) is 62.8 cm³/mol. The van der Waals surface area contributed by atoms with Crippen molar-refractivity contribution < 1.29 is 0 Å². The standard InChI is InChI=1S/C11H18N4/c1-9(2)7-10-3-4-11(14-8-10)15(13)6-5-12/h3-6,8-9H,7,12-13H2,1-2H3/b6-5-. The first-order chi connectivity index (χ1) is 7.13. The third kappa shape index (κ3) is 3.59. The van der Waals surface area contributed by atoms with Gasteiger partial charge >= 0.3 is 0 Å². The van der Waals surface area contributed by atoms with Gasteiger partial charge in [-0.3, -0.25) is 5.01 Å². The smallest absolute Gasteiger partial charge is 0.146 e. The summed E-state index contributed by atoms with van der Waals surface area (Å²) in [5.41, 5.74) is 6.45. The van der Waals surface area contributed by atoms with Crippen molar-refractivity contribution in [3.05, 3.63) is 36.3 Å². The highest BCUT2D eigenvalue weighted by atomic mass is 15.4. The number of rotatable bonds is 4. The van der Waals surface area contributed by atoms with Crippen LogP contribution >= 0.6 is 0 Å². The molecule has 0 radical (unpaired) electrons. The summed E-state index contributed by atoms with van der Waals surface area (Å²) in [6, 6.07) is 3.92. The maximum absolute atomic E-state index is 5.66. The molecule has 0 bridgehead atoms. The minimum Gasteiger partial charge on any atom is -0.403 e. The van der Waals surface area contributed by atoms with Gasteiger partial charge in [-0.15, -0.1) is 0 Å². The van der Waals surface area contributed by atoms with E-state index in [2.05, 4.69) is 18.8 Å². The molecule has 0 saturated heterocycles. The van der Waals surface area contributed by atoms with E-state index in [1.807, 2.05) is 18.3 Å². The summed E-state index contributed by atoms with van der Waals surface area (Å²) < 4.78 is 0. The van der Waals surface area contributed by atoms with Crippen LogP contribution in [0.4, 0.5) is 5.82 Å². The first-order valence-corrected chi connectivity index (χ1v) is 5.00. The van der Waals surface area contributed by atoms with Gasteiger partial charge in [-0.1, -0.05) is 19.9 Å². The van der Waals surface area contributed by atoms with Gasteiger partial charge < -0.3 is 5.73 Å². The number of pyridine rings is 1. The fourth-order valence-electron chi connectivity index (χ4n) is 1.33. The van der Waals surface area contributed by atoms with Gasteiger partial charge in [0.1, 0.15) is 5.82 Å². The average molecular weight is 206 g/mol. The average Bonchev–Trinajstić information content (AvgIpc) is 2.18. The van der Waals surface area contributed by atoms with E-state index in [1.165, 1.54) is 16.8 Å². The van der Waals surface area contributed by atoms with Gasteiger partial charge in [0.05, 0.1) is 0 Å². The first kappa shape index (κ1) is 11.5. The SMILES string of the molecule is CC(C)Cc1ccc(N(N)/C=C\N)nc1. The predicted octanol–water partition coefficient (Wildman–Crippen LogP) is 1.39. The van der Waals surface area contributed by atoms with Gasteiger partial charge in [0.15, 0.2) is 0 Å². The highest BCUT2D eigenvalue weighted by molar-refractivity contribution is 5.40. The van der Waals surface area contributed by atoms with Crippen molar-refractivity contribution in [3.8, 4) is 0 Å². The molecule has 0 aliphatic carbocycles. The summed E-state index contributed by atoms with van der Waals surface area (Å²) in [5.74, 6) is 6.98. The quantitative estimate of drug-likeness (QED) is 0.577. The number of nitrogens with zero attached hydrogens (tertiary/aromatic N) is 2. The lowest BCUT2D eigenvalue weighted by atomic mass is 10.1. The normalized spacial score (nSPS) is 11.2. The lowest BCUT2D eigenvalue weighted by Crippen LogP contribution is -2.25. The van der Waals surface area contributed by atoms with Crippen LogP contribution < -0.4 is 16.6 Å². The molecule has 1 aromatic heterocycles. The first-order valence-electron chi connectivity index (χ1n) is 5.00. The molecule has 0 fully saturated rings. The van der Waals surface area contributed by atoms with Crippen molar-refractivity contribution in [1.82, 2.24) is 4.98 Å². The van der Waals surface area contributed by atoms with Gasteiger partial charge in [-0.05, 0) is 24.0 Å². The minimum atomic E-state index is 0.635.